The third-order valence-electron chi connectivity index (χ3n) is 2.98. The molecule has 9 nitrogen and oxygen atoms in total. The molecule has 21 heavy (non-hydrogen) atoms. The maximum Gasteiger partial charge on any atom is 0.340 e. The molecule has 0 aliphatic rings. The molecule has 1 rings (SSSR count). The van der Waals surface area contributed by atoms with Gasteiger partial charge in [0.1, 0.15) is 5.56 Å². The standard InChI is InChI=1S/C11H18N4O5S/c1-4-15(5-2)9(16)7-14(3)21(19,20)10-8(11(17)18)6-12-13-10/h6H,4-5,7H2,1-3H3,(H,12,13)(H,17,18). The second kappa shape index (κ2) is 6.68. The molecule has 0 saturated heterocycles. The van der Waals surface area contributed by atoms with Crippen molar-refractivity contribution in [1.29, 1.82) is 0 Å². The van der Waals surface area contributed by atoms with Crippen molar-refractivity contribution in [2.75, 3.05) is 26.7 Å². The summed E-state index contributed by atoms with van der Waals surface area (Å²) in [5.74, 6) is -1.77. The molecular formula is C11H18N4O5S. The Morgan fingerprint density at radius 1 is 1.33 bits per heavy atom. The lowest BCUT2D eigenvalue weighted by atomic mass is 10.4. The number of carboxylic acid groups (broad SMARTS) is 1. The number of aromatic amines is 1. The number of nitrogens with one attached hydrogen (secondary N) is 1. The first-order chi connectivity index (χ1) is 9.75. The highest BCUT2D eigenvalue weighted by Gasteiger charge is 2.30. The van der Waals surface area contributed by atoms with Crippen molar-refractivity contribution < 1.29 is 23.1 Å². The van der Waals surface area contributed by atoms with E-state index in [0.29, 0.717) is 13.1 Å². The second-order valence-corrected chi connectivity index (χ2v) is 6.23. The third-order valence-corrected chi connectivity index (χ3v) is 4.75. The minimum absolute atomic E-state index is 0.359. The first-order valence-corrected chi connectivity index (χ1v) is 7.70. The molecule has 10 heteroatoms. The minimum atomic E-state index is -4.13. The summed E-state index contributed by atoms with van der Waals surface area (Å²) < 4.78 is 25.3. The number of aromatic nitrogens is 2. The van der Waals surface area contributed by atoms with Gasteiger partial charge < -0.3 is 10.0 Å². The minimum Gasteiger partial charge on any atom is -0.478 e. The van der Waals surface area contributed by atoms with E-state index < -0.39 is 26.6 Å². The van der Waals surface area contributed by atoms with Gasteiger partial charge in [-0.15, -0.1) is 0 Å². The van der Waals surface area contributed by atoms with Gasteiger partial charge in [-0.1, -0.05) is 0 Å². The number of sulfonamides is 1. The second-order valence-electron chi connectivity index (χ2n) is 4.25. The van der Waals surface area contributed by atoms with Gasteiger partial charge in [0.15, 0.2) is 5.03 Å². The molecule has 1 amide bonds. The van der Waals surface area contributed by atoms with E-state index in [9.17, 15) is 18.0 Å². The van der Waals surface area contributed by atoms with Gasteiger partial charge in [0.2, 0.25) is 5.91 Å². The van der Waals surface area contributed by atoms with E-state index in [4.69, 9.17) is 5.11 Å². The van der Waals surface area contributed by atoms with Crippen molar-refractivity contribution in [2.24, 2.45) is 0 Å². The Hall–Kier alpha value is -1.94. The number of hydrogen-bond donors (Lipinski definition) is 2. The summed E-state index contributed by atoms with van der Waals surface area (Å²) in [5.41, 5.74) is -0.461. The van der Waals surface area contributed by atoms with Crippen LogP contribution in [0.4, 0.5) is 0 Å². The fraction of sp³-hybridized carbons (Fsp3) is 0.545. The fourth-order valence-electron chi connectivity index (χ4n) is 1.73. The first kappa shape index (κ1) is 17.1. The van der Waals surface area contributed by atoms with Gasteiger partial charge in [0.05, 0.1) is 12.7 Å². The summed E-state index contributed by atoms with van der Waals surface area (Å²) in [6, 6.07) is 0. The smallest absolute Gasteiger partial charge is 0.340 e. The number of nitrogens with zero attached hydrogens (tertiary/aromatic N) is 3. The topological polar surface area (TPSA) is 124 Å². The maximum absolute atomic E-state index is 12.3. The lowest BCUT2D eigenvalue weighted by Crippen LogP contribution is -2.41. The number of likely N-dealkylation sites (N-methyl/N-ethyl adjacent to an activating group) is 2. The van der Waals surface area contributed by atoms with Crippen LogP contribution in [0.3, 0.4) is 0 Å². The van der Waals surface area contributed by atoms with Crippen LogP contribution in [-0.2, 0) is 14.8 Å². The Labute approximate surface area is 122 Å². The quantitative estimate of drug-likeness (QED) is 0.705. The van der Waals surface area contributed by atoms with Crippen molar-refractivity contribution in [1.82, 2.24) is 19.4 Å². The van der Waals surface area contributed by atoms with Crippen molar-refractivity contribution in [3.63, 3.8) is 0 Å². The average molecular weight is 318 g/mol. The van der Waals surface area contributed by atoms with Crippen LogP contribution in [0, 0.1) is 0 Å². The van der Waals surface area contributed by atoms with E-state index in [1.807, 2.05) is 0 Å². The van der Waals surface area contributed by atoms with Crippen molar-refractivity contribution in [2.45, 2.75) is 18.9 Å². The summed E-state index contributed by atoms with van der Waals surface area (Å²) in [4.78, 5) is 24.4. The summed E-state index contributed by atoms with van der Waals surface area (Å²) in [7, 11) is -2.92. The van der Waals surface area contributed by atoms with Crippen molar-refractivity contribution >= 4 is 21.9 Å². The Morgan fingerprint density at radius 3 is 2.38 bits per heavy atom. The van der Waals surface area contributed by atoms with E-state index >= 15 is 0 Å². The molecular weight excluding hydrogens is 300 g/mol. The average Bonchev–Trinajstić information content (AvgIpc) is 2.89. The van der Waals surface area contributed by atoms with Gasteiger partial charge in [-0.3, -0.25) is 9.89 Å². The summed E-state index contributed by atoms with van der Waals surface area (Å²) in [6.07, 6.45) is 0.912. The van der Waals surface area contributed by atoms with Crippen LogP contribution in [0.15, 0.2) is 11.2 Å². The molecule has 0 fully saturated rings. The predicted octanol–water partition coefficient (Wildman–Crippen LogP) is -0.403. The highest BCUT2D eigenvalue weighted by atomic mass is 32.2. The molecule has 1 aromatic heterocycles. The molecule has 0 spiro atoms. The van der Waals surface area contributed by atoms with Gasteiger partial charge in [0, 0.05) is 20.1 Å². The van der Waals surface area contributed by atoms with Crippen molar-refractivity contribution in [3.05, 3.63) is 11.8 Å². The van der Waals surface area contributed by atoms with Crippen LogP contribution in [0.1, 0.15) is 24.2 Å². The number of carbonyl (C=O) groups is 2. The molecule has 118 valence electrons. The molecule has 0 bridgehead atoms. The van der Waals surface area contributed by atoms with E-state index in [-0.39, 0.29) is 12.5 Å². The largest absolute Gasteiger partial charge is 0.478 e. The van der Waals surface area contributed by atoms with Gasteiger partial charge in [-0.2, -0.15) is 9.40 Å². The monoisotopic (exact) mass is 318 g/mol. The summed E-state index contributed by atoms with van der Waals surface area (Å²) in [5, 5.41) is 14.0. The number of carbonyl (C=O) groups excluding carboxylic acids is 1. The van der Waals surface area contributed by atoms with E-state index in [1.54, 1.807) is 13.8 Å². The molecule has 0 unspecified atom stereocenters. The molecule has 0 saturated carbocycles. The van der Waals surface area contributed by atoms with Crippen LogP contribution in [0.2, 0.25) is 0 Å². The lowest BCUT2D eigenvalue weighted by Gasteiger charge is -2.22. The van der Waals surface area contributed by atoms with Crippen LogP contribution >= 0.6 is 0 Å². The molecule has 1 aromatic rings. The highest BCUT2D eigenvalue weighted by Crippen LogP contribution is 2.16. The lowest BCUT2D eigenvalue weighted by molar-refractivity contribution is -0.130. The Bertz CT molecular complexity index is 620. The molecule has 0 radical (unpaired) electrons. The zero-order valence-electron chi connectivity index (χ0n) is 12.0. The SMILES string of the molecule is CCN(CC)C(=O)CN(C)S(=O)(=O)c1[nH]ncc1C(=O)O. The normalized spacial score (nSPS) is 11.6. The number of carboxylic acids is 1. The Balaban J connectivity index is 3.00. The number of aromatic carboxylic acids is 1. The Kier molecular flexibility index (Phi) is 5.44. The van der Waals surface area contributed by atoms with Crippen molar-refractivity contribution in [3.8, 4) is 0 Å². The fourth-order valence-corrected chi connectivity index (χ4v) is 2.91. The van der Waals surface area contributed by atoms with E-state index in [2.05, 4.69) is 10.2 Å². The number of rotatable bonds is 7. The van der Waals surface area contributed by atoms with Gasteiger partial charge in [-0.25, -0.2) is 13.2 Å². The zero-order chi connectivity index (χ0) is 16.2. The van der Waals surface area contributed by atoms with Gasteiger partial charge >= 0.3 is 5.97 Å². The zero-order valence-corrected chi connectivity index (χ0v) is 12.8. The number of hydrogen-bond acceptors (Lipinski definition) is 5. The van der Waals surface area contributed by atoms with Crippen LogP contribution in [0.5, 0.6) is 0 Å². The molecule has 0 atom stereocenters. The van der Waals surface area contributed by atoms with Crippen LogP contribution < -0.4 is 0 Å². The van der Waals surface area contributed by atoms with Crippen LogP contribution in [0.25, 0.3) is 0 Å². The Morgan fingerprint density at radius 2 is 1.90 bits per heavy atom. The summed E-state index contributed by atoms with van der Waals surface area (Å²) >= 11 is 0. The molecule has 0 aliphatic heterocycles. The maximum atomic E-state index is 12.3. The number of H-pyrrole nitrogens is 1. The van der Waals surface area contributed by atoms with Gasteiger partial charge in [-0.05, 0) is 13.8 Å². The van der Waals surface area contributed by atoms with Gasteiger partial charge in [0.25, 0.3) is 10.0 Å². The van der Waals surface area contributed by atoms with E-state index in [1.165, 1.54) is 11.9 Å². The molecule has 1 heterocycles. The molecule has 0 aromatic carbocycles. The predicted molar refractivity (Wildman–Crippen MR) is 73.3 cm³/mol. The van der Waals surface area contributed by atoms with E-state index in [0.717, 1.165) is 10.5 Å². The first-order valence-electron chi connectivity index (χ1n) is 6.26. The highest BCUT2D eigenvalue weighted by molar-refractivity contribution is 7.89. The van der Waals surface area contributed by atoms with Crippen LogP contribution in [-0.4, -0.2) is 71.5 Å². The number of amides is 1. The summed E-state index contributed by atoms with van der Waals surface area (Å²) in [6.45, 7) is 4.13. The molecule has 2 N–H and O–H groups in total. The third kappa shape index (κ3) is 3.58. The molecule has 0 aliphatic carbocycles.